The molecule has 6 rings (SSSR count). The smallest absolute Gasteiger partial charge is 0.261 e. The Hall–Kier alpha value is -3.49. The van der Waals surface area contributed by atoms with Crippen LogP contribution in [0.15, 0.2) is 95.6 Å². The number of likely N-dealkylation sites (tertiary alicyclic amines) is 1. The predicted molar refractivity (Wildman–Crippen MR) is 189 cm³/mol. The van der Waals surface area contributed by atoms with Crippen molar-refractivity contribution in [1.29, 1.82) is 0 Å². The Morgan fingerprint density at radius 3 is 2.23 bits per heavy atom. The number of benzene rings is 3. The van der Waals surface area contributed by atoms with Crippen LogP contribution in [0.4, 0.5) is 0 Å². The number of amides is 2. The number of allylic oxidation sites excluding steroid dienone is 1. The van der Waals surface area contributed by atoms with Gasteiger partial charge in [0.05, 0.1) is 36.2 Å². The first-order valence-electron chi connectivity index (χ1n) is 16.5. The van der Waals surface area contributed by atoms with Crippen LogP contribution in [-0.4, -0.2) is 56.5 Å². The Labute approximate surface area is 284 Å². The number of fused-ring (bicyclic) bond motifs is 3. The molecule has 0 unspecified atom stereocenters. The van der Waals surface area contributed by atoms with Gasteiger partial charge in [0.25, 0.3) is 8.32 Å². The van der Waals surface area contributed by atoms with E-state index in [0.29, 0.717) is 24.7 Å². The molecule has 8 heteroatoms. The minimum atomic E-state index is -2.84. The molecule has 2 fully saturated rings. The van der Waals surface area contributed by atoms with E-state index in [1.54, 1.807) is 19.2 Å². The summed E-state index contributed by atoms with van der Waals surface area (Å²) in [4.78, 5) is 28.1. The summed E-state index contributed by atoms with van der Waals surface area (Å²) in [5.41, 5.74) is 4.24. The maximum Gasteiger partial charge on any atom is 0.261 e. The summed E-state index contributed by atoms with van der Waals surface area (Å²) in [5.74, 6) is -0.993. The van der Waals surface area contributed by atoms with Gasteiger partial charge in [0, 0.05) is 13.0 Å². The zero-order valence-corrected chi connectivity index (χ0v) is 29.6. The summed E-state index contributed by atoms with van der Waals surface area (Å²) in [5, 5.41) is 12.5. The molecule has 3 aromatic rings. The summed E-state index contributed by atoms with van der Waals surface area (Å²) >= 11 is 6.38. The number of aromatic hydroxyl groups is 1. The molecular weight excluding hydrogens is 626 g/mol. The average molecular weight is 670 g/mol. The van der Waals surface area contributed by atoms with Gasteiger partial charge in [-0.15, -0.1) is 0 Å². The van der Waals surface area contributed by atoms with Gasteiger partial charge in [-0.05, 0) is 76.5 Å². The van der Waals surface area contributed by atoms with E-state index in [1.165, 1.54) is 15.3 Å². The summed E-state index contributed by atoms with van der Waals surface area (Å²) < 4.78 is 13.9. The lowest BCUT2D eigenvalue weighted by Gasteiger charge is -2.44. The number of nitrogens with zero attached hydrogens (tertiary/aromatic N) is 1. The molecule has 0 saturated carbocycles. The molecule has 1 N–H and O–H groups in total. The van der Waals surface area contributed by atoms with E-state index < -0.39 is 14.2 Å². The number of imide groups is 1. The van der Waals surface area contributed by atoms with Gasteiger partial charge in [0.15, 0.2) is 0 Å². The lowest BCUT2D eigenvalue weighted by atomic mass is 9.69. The molecule has 6 nitrogen and oxygen atoms in total. The number of hydrogen-bond acceptors (Lipinski definition) is 5. The van der Waals surface area contributed by atoms with E-state index in [-0.39, 0.29) is 40.5 Å². The second kappa shape index (κ2) is 13.2. The maximum atomic E-state index is 13.4. The fourth-order valence-corrected chi connectivity index (χ4v) is 12.8. The number of phenols is 1. The highest BCUT2D eigenvalue weighted by molar-refractivity contribution is 6.99. The van der Waals surface area contributed by atoms with E-state index in [0.717, 1.165) is 35.1 Å². The average Bonchev–Trinajstić information content (AvgIpc) is 3.57. The molecule has 2 heterocycles. The molecule has 0 spiro atoms. The van der Waals surface area contributed by atoms with Gasteiger partial charge in [-0.25, -0.2) is 0 Å². The van der Waals surface area contributed by atoms with Gasteiger partial charge < -0.3 is 14.3 Å². The minimum absolute atomic E-state index is 0.100. The molecule has 1 aliphatic carbocycles. The van der Waals surface area contributed by atoms with Gasteiger partial charge in [-0.1, -0.05) is 105 Å². The van der Waals surface area contributed by atoms with Crippen molar-refractivity contribution in [1.82, 2.24) is 4.90 Å². The van der Waals surface area contributed by atoms with Crippen LogP contribution in [0.5, 0.6) is 5.75 Å². The Bertz CT molecular complexity index is 1670. The van der Waals surface area contributed by atoms with Crippen LogP contribution in [0.25, 0.3) is 6.08 Å². The van der Waals surface area contributed by atoms with Crippen molar-refractivity contribution in [2.45, 2.75) is 58.1 Å². The van der Waals surface area contributed by atoms with Crippen molar-refractivity contribution < 1.29 is 23.9 Å². The topological polar surface area (TPSA) is 76.1 Å². The van der Waals surface area contributed by atoms with Crippen molar-refractivity contribution >= 4 is 48.2 Å². The van der Waals surface area contributed by atoms with Crippen LogP contribution in [0.2, 0.25) is 10.1 Å². The van der Waals surface area contributed by atoms with Gasteiger partial charge in [0.2, 0.25) is 11.8 Å². The lowest BCUT2D eigenvalue weighted by Crippen LogP contribution is -2.66. The Balaban J connectivity index is 1.37. The zero-order chi connectivity index (χ0) is 33.5. The van der Waals surface area contributed by atoms with Gasteiger partial charge >= 0.3 is 0 Å². The predicted octanol–water partition coefficient (Wildman–Crippen LogP) is 6.75. The molecule has 2 aliphatic heterocycles. The van der Waals surface area contributed by atoms with Crippen LogP contribution in [0.1, 0.15) is 52.5 Å². The first kappa shape index (κ1) is 33.4. The molecule has 2 amide bonds. The number of carbonyl (C=O) groups is 2. The summed E-state index contributed by atoms with van der Waals surface area (Å²) in [6.07, 6.45) is 3.87. The van der Waals surface area contributed by atoms with Crippen LogP contribution in [0.3, 0.4) is 0 Å². The number of rotatable bonds is 9. The highest BCUT2D eigenvalue weighted by atomic mass is 35.5. The van der Waals surface area contributed by atoms with Crippen molar-refractivity contribution in [3.63, 3.8) is 0 Å². The number of halogens is 1. The quantitative estimate of drug-likeness (QED) is 0.155. The number of phenolic OH excluding ortho intramolecular Hbond substituents is 1. The van der Waals surface area contributed by atoms with E-state index in [1.807, 2.05) is 24.3 Å². The van der Waals surface area contributed by atoms with Crippen LogP contribution < -0.4 is 10.4 Å². The highest BCUT2D eigenvalue weighted by Gasteiger charge is 2.57. The molecule has 3 aromatic carbocycles. The Morgan fingerprint density at radius 1 is 1.00 bits per heavy atom. The summed E-state index contributed by atoms with van der Waals surface area (Å²) in [7, 11) is -1.23. The first-order chi connectivity index (χ1) is 22.4. The van der Waals surface area contributed by atoms with Crippen LogP contribution in [-0.2, 0) is 18.8 Å². The second-order valence-electron chi connectivity index (χ2n) is 14.2. The van der Waals surface area contributed by atoms with Crippen molar-refractivity contribution in [3.8, 4) is 5.75 Å². The van der Waals surface area contributed by atoms with E-state index in [9.17, 15) is 14.7 Å². The Kier molecular flexibility index (Phi) is 9.38. The Morgan fingerprint density at radius 2 is 1.64 bits per heavy atom. The monoisotopic (exact) mass is 669 g/mol. The lowest BCUT2D eigenvalue weighted by molar-refractivity contribution is -0.138. The van der Waals surface area contributed by atoms with Gasteiger partial charge in [-0.3, -0.25) is 14.5 Å². The van der Waals surface area contributed by atoms with Gasteiger partial charge in [-0.2, -0.15) is 0 Å². The molecule has 47 heavy (non-hydrogen) atoms. The van der Waals surface area contributed by atoms with Crippen molar-refractivity contribution in [2.24, 2.45) is 17.8 Å². The number of ether oxygens (including phenoxy) is 1. The van der Waals surface area contributed by atoms with Crippen molar-refractivity contribution in [3.05, 3.63) is 106 Å². The molecule has 4 atom stereocenters. The molecule has 3 aliphatic rings. The van der Waals surface area contributed by atoms with Crippen LogP contribution in [0, 0.1) is 17.8 Å². The molecular formula is C39H44ClNO5Si. The van der Waals surface area contributed by atoms with E-state index in [2.05, 4.69) is 76.2 Å². The summed E-state index contributed by atoms with van der Waals surface area (Å²) in [6, 6.07) is 26.1. The fraction of sp³-hybridized carbons (Fsp3) is 0.385. The molecule has 2 saturated heterocycles. The maximum absolute atomic E-state index is 13.4. The normalized spacial score (nSPS) is 23.4. The molecule has 0 aromatic heterocycles. The summed E-state index contributed by atoms with van der Waals surface area (Å²) in [6.45, 7) is 9.67. The van der Waals surface area contributed by atoms with E-state index >= 15 is 0 Å². The van der Waals surface area contributed by atoms with Crippen molar-refractivity contribution in [2.75, 3.05) is 20.3 Å². The highest BCUT2D eigenvalue weighted by Crippen LogP contribution is 2.50. The molecule has 0 radical (unpaired) electrons. The second-order valence-corrected chi connectivity index (χ2v) is 19.0. The number of carbonyl (C=O) groups excluding carboxylic acids is 2. The molecule has 0 bridgehead atoms. The van der Waals surface area contributed by atoms with Crippen LogP contribution >= 0.6 is 11.6 Å². The molecule has 246 valence electrons. The van der Waals surface area contributed by atoms with Gasteiger partial charge in [0.1, 0.15) is 5.75 Å². The standard InChI is InChI=1S/C39H44ClNO5Si/c1-25(20-26-17-18-28(42)22-33(26)40)16-19-34-35-27(21-31-36(32(35)24-45-34)38(44)41(5)37(31)43)23-46-47(39(2,3)4,29-12-8-6-9-13-29)30-14-10-7-11-15-30/h6-15,17-18,20,22,31-32,34,36,42H,16,19,21,23-24H2,1-5H3/b25-20+/t31-,32+,34-,36-/m1/s1. The first-order valence-corrected chi connectivity index (χ1v) is 18.8. The minimum Gasteiger partial charge on any atom is -0.508 e. The largest absolute Gasteiger partial charge is 0.508 e. The number of hydrogen-bond donors (Lipinski definition) is 1. The van der Waals surface area contributed by atoms with E-state index in [4.69, 9.17) is 20.8 Å². The fourth-order valence-electron chi connectivity index (χ4n) is 8.05. The third-order valence-corrected chi connectivity index (χ3v) is 15.6. The zero-order valence-electron chi connectivity index (χ0n) is 27.8. The third kappa shape index (κ3) is 6.15. The third-order valence-electron chi connectivity index (χ3n) is 10.3. The SMILES string of the molecule is C/C(=C\c1ccc(O)cc1Cl)CC[C@H]1OC[C@H]2C1=C(CO[Si](c1ccccc1)(c1ccccc1)C(C)(C)C)C[C@H]1C(=O)N(C)C(=O)[C@H]12.